The molecule has 8 nitrogen and oxygen atoms in total. The molecule has 0 bridgehead atoms. The van der Waals surface area contributed by atoms with Gasteiger partial charge in [-0.25, -0.2) is 8.78 Å². The number of carbonyl (C=O) groups is 3. The van der Waals surface area contributed by atoms with Gasteiger partial charge in [0.15, 0.2) is 5.78 Å². The number of piperidine rings is 1. The lowest BCUT2D eigenvalue weighted by molar-refractivity contribution is 0.00999. The van der Waals surface area contributed by atoms with Crippen LogP contribution in [-0.2, 0) is 6.42 Å². The second-order valence-corrected chi connectivity index (χ2v) is 12.6. The monoisotopic (exact) mass is 637 g/mol. The summed E-state index contributed by atoms with van der Waals surface area (Å²) >= 11 is 0. The van der Waals surface area contributed by atoms with Crippen LogP contribution in [0.1, 0.15) is 99.6 Å². The van der Waals surface area contributed by atoms with Gasteiger partial charge in [0.05, 0.1) is 11.8 Å². The van der Waals surface area contributed by atoms with Crippen molar-refractivity contribution in [3.05, 3.63) is 87.3 Å². The Labute approximate surface area is 269 Å². The average Bonchev–Trinajstić information content (AvgIpc) is 3.35. The first-order valence-corrected chi connectivity index (χ1v) is 16.2. The maximum Gasteiger partial charge on any atom is 0.259 e. The lowest BCUT2D eigenvalue weighted by Crippen LogP contribution is -2.46. The molecule has 2 amide bonds. The van der Waals surface area contributed by atoms with Crippen LogP contribution in [0.5, 0.6) is 0 Å². The third-order valence-electron chi connectivity index (χ3n) is 8.75. The summed E-state index contributed by atoms with van der Waals surface area (Å²) in [5.74, 6) is -2.79. The van der Waals surface area contributed by atoms with E-state index in [9.17, 15) is 28.3 Å². The highest BCUT2D eigenvalue weighted by Gasteiger charge is 2.36. The Morgan fingerprint density at radius 1 is 1.00 bits per heavy atom. The molecule has 3 atom stereocenters. The number of aliphatic hydroxyl groups excluding tert-OH is 1. The van der Waals surface area contributed by atoms with Crippen LogP contribution in [0.15, 0.2) is 40.9 Å². The normalized spacial score (nSPS) is 16.3. The van der Waals surface area contributed by atoms with Crippen LogP contribution < -0.4 is 0 Å². The number of hydrogen-bond acceptors (Lipinski definition) is 6. The van der Waals surface area contributed by atoms with Crippen molar-refractivity contribution in [3.8, 4) is 0 Å². The molecule has 0 saturated carbocycles. The minimum absolute atomic E-state index is 0.0499. The minimum Gasteiger partial charge on any atom is -0.392 e. The van der Waals surface area contributed by atoms with Crippen molar-refractivity contribution in [2.75, 3.05) is 26.2 Å². The molecule has 1 aromatic heterocycles. The molecule has 0 aliphatic carbocycles. The fourth-order valence-electron chi connectivity index (χ4n) is 6.61. The molecule has 2 heterocycles. The van der Waals surface area contributed by atoms with E-state index in [-0.39, 0.29) is 42.9 Å². The summed E-state index contributed by atoms with van der Waals surface area (Å²) in [5, 5.41) is 15.7. The topological polar surface area (TPSA) is 104 Å². The Hall–Kier alpha value is -3.92. The van der Waals surface area contributed by atoms with Gasteiger partial charge >= 0.3 is 0 Å². The molecule has 0 spiro atoms. The zero-order valence-electron chi connectivity index (χ0n) is 27.4. The largest absolute Gasteiger partial charge is 0.392 e. The predicted molar refractivity (Wildman–Crippen MR) is 171 cm³/mol. The molecule has 2 unspecified atom stereocenters. The Balaban J connectivity index is 1.60. The van der Waals surface area contributed by atoms with E-state index >= 15 is 0 Å². The standard InChI is InChI=1S/C36H45F2N3O5/c1-6-10-40(11-7-2)35(44)29-14-22(3)13-27(18-29)32(42)19-28(15-25-16-30(37)20-31(38)17-25)34(43)26-9-8-12-41(21-26)36(45)33-23(4)39-46-24(33)5/h13-14,16-18,20,26,28,34,43H,6-12,15,19,21H2,1-5H3/t26?,28?,34-/m1/s1. The van der Waals surface area contributed by atoms with Gasteiger partial charge < -0.3 is 19.4 Å². The van der Waals surface area contributed by atoms with Crippen LogP contribution in [0.2, 0.25) is 0 Å². The van der Waals surface area contributed by atoms with Crippen LogP contribution in [0.25, 0.3) is 0 Å². The zero-order chi connectivity index (χ0) is 33.5. The van der Waals surface area contributed by atoms with Crippen LogP contribution >= 0.6 is 0 Å². The fourth-order valence-corrected chi connectivity index (χ4v) is 6.61. The lowest BCUT2D eigenvalue weighted by Gasteiger charge is -2.38. The molecule has 1 saturated heterocycles. The maximum absolute atomic E-state index is 14.2. The Bertz CT molecular complexity index is 1510. The van der Waals surface area contributed by atoms with Gasteiger partial charge in [-0.1, -0.05) is 19.0 Å². The number of aliphatic hydroxyl groups is 1. The fraction of sp³-hybridized carbons (Fsp3) is 0.500. The molecule has 3 aromatic rings. The second kappa shape index (κ2) is 15.6. The van der Waals surface area contributed by atoms with Crippen molar-refractivity contribution in [1.29, 1.82) is 0 Å². The lowest BCUT2D eigenvalue weighted by atomic mass is 9.79. The highest BCUT2D eigenvalue weighted by molar-refractivity contribution is 6.01. The maximum atomic E-state index is 14.2. The van der Waals surface area contributed by atoms with E-state index in [2.05, 4.69) is 5.16 Å². The summed E-state index contributed by atoms with van der Waals surface area (Å²) in [6.45, 7) is 11.2. The smallest absolute Gasteiger partial charge is 0.259 e. The molecule has 1 fully saturated rings. The number of amides is 2. The first-order chi connectivity index (χ1) is 21.9. The summed E-state index contributed by atoms with van der Waals surface area (Å²) in [7, 11) is 0. The summed E-state index contributed by atoms with van der Waals surface area (Å²) in [6.07, 6.45) is 1.76. The van der Waals surface area contributed by atoms with Crippen molar-refractivity contribution in [3.63, 3.8) is 0 Å². The number of rotatable bonds is 13. The third-order valence-corrected chi connectivity index (χ3v) is 8.75. The molecule has 248 valence electrons. The summed E-state index contributed by atoms with van der Waals surface area (Å²) in [6, 6.07) is 8.30. The second-order valence-electron chi connectivity index (χ2n) is 12.6. The number of halogens is 2. The first kappa shape index (κ1) is 34.9. The van der Waals surface area contributed by atoms with E-state index in [4.69, 9.17) is 4.52 Å². The van der Waals surface area contributed by atoms with Gasteiger partial charge in [-0.15, -0.1) is 0 Å². The zero-order valence-corrected chi connectivity index (χ0v) is 27.4. The van der Waals surface area contributed by atoms with Gasteiger partial charge in [-0.3, -0.25) is 14.4 Å². The highest BCUT2D eigenvalue weighted by Crippen LogP contribution is 2.31. The third kappa shape index (κ3) is 8.46. The molecule has 1 N–H and O–H groups in total. The van der Waals surface area contributed by atoms with Gasteiger partial charge in [0, 0.05) is 55.7 Å². The van der Waals surface area contributed by atoms with Crippen LogP contribution in [-0.4, -0.2) is 69.9 Å². The molecule has 4 rings (SSSR count). The summed E-state index contributed by atoms with van der Waals surface area (Å²) in [4.78, 5) is 44.1. The number of likely N-dealkylation sites (tertiary alicyclic amines) is 1. The molecule has 0 radical (unpaired) electrons. The van der Waals surface area contributed by atoms with E-state index in [0.717, 1.165) is 24.5 Å². The first-order valence-electron chi connectivity index (χ1n) is 16.2. The van der Waals surface area contributed by atoms with Gasteiger partial charge in [-0.05, 0) is 100 Å². The van der Waals surface area contributed by atoms with Crippen molar-refractivity contribution in [2.45, 2.75) is 79.2 Å². The highest BCUT2D eigenvalue weighted by atomic mass is 19.1. The van der Waals surface area contributed by atoms with Crippen LogP contribution in [0.4, 0.5) is 8.78 Å². The molecule has 46 heavy (non-hydrogen) atoms. The minimum atomic E-state index is -1.05. The summed E-state index contributed by atoms with van der Waals surface area (Å²) < 4.78 is 33.5. The van der Waals surface area contributed by atoms with Gasteiger partial charge in [0.25, 0.3) is 11.8 Å². The van der Waals surface area contributed by atoms with E-state index < -0.39 is 23.7 Å². The van der Waals surface area contributed by atoms with E-state index in [0.29, 0.717) is 66.2 Å². The number of aromatic nitrogens is 1. The number of Topliss-reactive ketones (excluding diaryl/α,β-unsaturated/α-hetero) is 1. The molecular weight excluding hydrogens is 592 g/mol. The van der Waals surface area contributed by atoms with Gasteiger partial charge in [-0.2, -0.15) is 0 Å². The number of nitrogens with zero attached hydrogens (tertiary/aromatic N) is 3. The molecule has 10 heteroatoms. The van der Waals surface area contributed by atoms with E-state index in [1.807, 2.05) is 20.8 Å². The Morgan fingerprint density at radius 3 is 2.26 bits per heavy atom. The molecule has 2 aromatic carbocycles. The number of ketones is 1. The van der Waals surface area contributed by atoms with Crippen molar-refractivity contribution in [2.24, 2.45) is 11.8 Å². The molecular formula is C36H45F2N3O5. The Kier molecular flexibility index (Phi) is 11.8. The SMILES string of the molecule is CCCN(CCC)C(=O)c1cc(C)cc(C(=O)CC(Cc2cc(F)cc(F)c2)[C@H](O)C2CCCN(C(=O)c3c(C)noc3C)C2)c1. The summed E-state index contributed by atoms with van der Waals surface area (Å²) in [5.41, 5.74) is 2.74. The van der Waals surface area contributed by atoms with E-state index in [1.165, 1.54) is 12.1 Å². The number of benzene rings is 2. The Morgan fingerprint density at radius 2 is 1.65 bits per heavy atom. The van der Waals surface area contributed by atoms with Crippen LogP contribution in [0, 0.1) is 44.2 Å². The van der Waals surface area contributed by atoms with Crippen LogP contribution in [0.3, 0.4) is 0 Å². The van der Waals surface area contributed by atoms with Gasteiger partial charge in [0.2, 0.25) is 0 Å². The molecule has 1 aliphatic heterocycles. The van der Waals surface area contributed by atoms with Crippen molar-refractivity contribution >= 4 is 17.6 Å². The number of aryl methyl sites for hydroxylation is 3. The van der Waals surface area contributed by atoms with Gasteiger partial charge in [0.1, 0.15) is 23.0 Å². The average molecular weight is 638 g/mol. The van der Waals surface area contributed by atoms with Crippen molar-refractivity contribution < 1.29 is 32.8 Å². The number of carbonyl (C=O) groups excluding carboxylic acids is 3. The molecule has 1 aliphatic rings. The predicted octanol–water partition coefficient (Wildman–Crippen LogP) is 6.49. The number of hydrogen-bond donors (Lipinski definition) is 1. The quantitative estimate of drug-likeness (QED) is 0.215. The van der Waals surface area contributed by atoms with Crippen molar-refractivity contribution in [1.82, 2.24) is 15.0 Å². The van der Waals surface area contributed by atoms with E-state index in [1.54, 1.807) is 41.8 Å².